The van der Waals surface area contributed by atoms with Gasteiger partial charge in [0.25, 0.3) is 5.91 Å². The van der Waals surface area contributed by atoms with Crippen LogP contribution in [0, 0.1) is 0 Å². The molecule has 5 nitrogen and oxygen atoms in total. The lowest BCUT2D eigenvalue weighted by molar-refractivity contribution is -0.132. The molecule has 0 radical (unpaired) electrons. The van der Waals surface area contributed by atoms with E-state index in [2.05, 4.69) is 10.2 Å². The number of hydrogen-bond acceptors (Lipinski definition) is 4. The van der Waals surface area contributed by atoms with E-state index in [0.717, 1.165) is 45.7 Å². The van der Waals surface area contributed by atoms with E-state index in [9.17, 15) is 4.79 Å². The Morgan fingerprint density at radius 3 is 2.68 bits per heavy atom. The number of carbonyl (C=O) groups excluding carboxylic acids is 1. The minimum Gasteiger partial charge on any atom is -0.484 e. The van der Waals surface area contributed by atoms with Crippen LogP contribution in [0.4, 0.5) is 0 Å². The van der Waals surface area contributed by atoms with Crippen LogP contribution in [-0.2, 0) is 4.79 Å². The molecule has 2 heterocycles. The number of halogens is 1. The molecule has 1 amide bonds. The third-order valence-corrected chi connectivity index (χ3v) is 4.61. The number of piperazine rings is 1. The van der Waals surface area contributed by atoms with Crippen LogP contribution in [0.3, 0.4) is 0 Å². The lowest BCUT2D eigenvalue weighted by atomic mass is 10.2. The molecule has 0 aromatic heterocycles. The van der Waals surface area contributed by atoms with E-state index in [-0.39, 0.29) is 12.5 Å². The second kappa shape index (κ2) is 7.31. The number of rotatable bonds is 4. The second-order valence-electron chi connectivity index (χ2n) is 5.81. The first-order chi connectivity index (χ1) is 10.7. The Kier molecular flexibility index (Phi) is 5.18. The number of likely N-dealkylation sites (tertiary alicyclic amines) is 1. The zero-order valence-corrected chi connectivity index (χ0v) is 13.4. The molecule has 1 aromatic rings. The molecule has 0 spiro atoms. The van der Waals surface area contributed by atoms with E-state index >= 15 is 0 Å². The summed E-state index contributed by atoms with van der Waals surface area (Å²) in [6.07, 6.45) is 1.06. The predicted octanol–water partition coefficient (Wildman–Crippen LogP) is 1.22. The van der Waals surface area contributed by atoms with Gasteiger partial charge in [0.05, 0.1) is 0 Å². The van der Waals surface area contributed by atoms with Crippen LogP contribution < -0.4 is 10.1 Å². The monoisotopic (exact) mass is 323 g/mol. The van der Waals surface area contributed by atoms with E-state index in [0.29, 0.717) is 16.8 Å². The molecule has 2 aliphatic rings. The first-order valence-corrected chi connectivity index (χ1v) is 8.21. The molecule has 1 N–H and O–H groups in total. The summed E-state index contributed by atoms with van der Waals surface area (Å²) in [4.78, 5) is 16.7. The first-order valence-electron chi connectivity index (χ1n) is 7.83. The third kappa shape index (κ3) is 3.91. The number of nitrogens with one attached hydrogen (secondary N) is 1. The normalized spacial score (nSPS) is 22.8. The fourth-order valence-corrected chi connectivity index (χ4v) is 3.21. The molecule has 2 fully saturated rings. The molecular weight excluding hydrogens is 302 g/mol. The fraction of sp³-hybridized carbons (Fsp3) is 0.562. The van der Waals surface area contributed by atoms with Gasteiger partial charge in [0.1, 0.15) is 5.75 Å². The molecule has 0 aliphatic carbocycles. The van der Waals surface area contributed by atoms with Crippen LogP contribution in [-0.4, -0.2) is 67.6 Å². The summed E-state index contributed by atoms with van der Waals surface area (Å²) in [6.45, 7) is 5.99. The standard InChI is InChI=1S/C16H22ClN3O2/c17-13-1-3-15(4-2-13)22-12-16(21)20-8-5-14(11-20)19-9-6-18-7-10-19/h1-4,14,18H,5-12H2. The lowest BCUT2D eigenvalue weighted by Gasteiger charge is -2.32. The summed E-state index contributed by atoms with van der Waals surface area (Å²) in [5, 5.41) is 4.03. The first kappa shape index (κ1) is 15.6. The van der Waals surface area contributed by atoms with Gasteiger partial charge in [0.2, 0.25) is 0 Å². The highest BCUT2D eigenvalue weighted by atomic mass is 35.5. The molecule has 1 atom stereocenters. The van der Waals surface area contributed by atoms with Gasteiger partial charge in [-0.2, -0.15) is 0 Å². The maximum Gasteiger partial charge on any atom is 0.260 e. The topological polar surface area (TPSA) is 44.8 Å². The van der Waals surface area contributed by atoms with Gasteiger partial charge in [0, 0.05) is 50.3 Å². The summed E-state index contributed by atoms with van der Waals surface area (Å²) >= 11 is 5.83. The third-order valence-electron chi connectivity index (χ3n) is 4.36. The van der Waals surface area contributed by atoms with E-state index in [1.165, 1.54) is 0 Å². The molecular formula is C16H22ClN3O2. The van der Waals surface area contributed by atoms with E-state index < -0.39 is 0 Å². The van der Waals surface area contributed by atoms with Crippen LogP contribution in [0.2, 0.25) is 5.02 Å². The molecule has 0 saturated carbocycles. The van der Waals surface area contributed by atoms with Gasteiger partial charge in [-0.25, -0.2) is 0 Å². The smallest absolute Gasteiger partial charge is 0.260 e. The van der Waals surface area contributed by atoms with Gasteiger partial charge in [-0.15, -0.1) is 0 Å². The Morgan fingerprint density at radius 1 is 1.23 bits per heavy atom. The van der Waals surface area contributed by atoms with Gasteiger partial charge < -0.3 is 15.0 Å². The quantitative estimate of drug-likeness (QED) is 0.905. The zero-order chi connectivity index (χ0) is 15.4. The van der Waals surface area contributed by atoms with Crippen molar-refractivity contribution in [3.05, 3.63) is 29.3 Å². The highest BCUT2D eigenvalue weighted by molar-refractivity contribution is 6.30. The summed E-state index contributed by atoms with van der Waals surface area (Å²) in [5.74, 6) is 0.739. The Balaban J connectivity index is 1.45. The van der Waals surface area contributed by atoms with Crippen molar-refractivity contribution in [3.8, 4) is 5.75 Å². The number of benzene rings is 1. The lowest BCUT2D eigenvalue weighted by Crippen LogP contribution is -2.49. The van der Waals surface area contributed by atoms with Crippen molar-refractivity contribution in [1.29, 1.82) is 0 Å². The maximum absolute atomic E-state index is 12.3. The molecule has 2 aliphatic heterocycles. The second-order valence-corrected chi connectivity index (χ2v) is 6.25. The van der Waals surface area contributed by atoms with Crippen LogP contribution in [0.15, 0.2) is 24.3 Å². The number of hydrogen-bond donors (Lipinski definition) is 1. The highest BCUT2D eigenvalue weighted by Gasteiger charge is 2.30. The molecule has 1 unspecified atom stereocenters. The molecule has 1 aromatic carbocycles. The molecule has 2 saturated heterocycles. The highest BCUT2D eigenvalue weighted by Crippen LogP contribution is 2.18. The number of nitrogens with zero attached hydrogens (tertiary/aromatic N) is 2. The summed E-state index contributed by atoms with van der Waals surface area (Å²) in [5.41, 5.74) is 0. The van der Waals surface area contributed by atoms with Crippen molar-refractivity contribution in [1.82, 2.24) is 15.1 Å². The SMILES string of the molecule is O=C(COc1ccc(Cl)cc1)N1CCC(N2CCNCC2)C1. The van der Waals surface area contributed by atoms with E-state index in [1.54, 1.807) is 24.3 Å². The molecule has 120 valence electrons. The predicted molar refractivity (Wildman–Crippen MR) is 86.4 cm³/mol. The minimum absolute atomic E-state index is 0.0626. The van der Waals surface area contributed by atoms with E-state index in [1.807, 2.05) is 4.90 Å². The van der Waals surface area contributed by atoms with Crippen LogP contribution in [0.1, 0.15) is 6.42 Å². The fourth-order valence-electron chi connectivity index (χ4n) is 3.08. The largest absolute Gasteiger partial charge is 0.484 e. The van der Waals surface area contributed by atoms with Crippen molar-refractivity contribution in [2.24, 2.45) is 0 Å². The molecule has 6 heteroatoms. The zero-order valence-electron chi connectivity index (χ0n) is 12.6. The number of carbonyl (C=O) groups is 1. The van der Waals surface area contributed by atoms with Gasteiger partial charge >= 0.3 is 0 Å². The van der Waals surface area contributed by atoms with Crippen LogP contribution >= 0.6 is 11.6 Å². The molecule has 3 rings (SSSR count). The Bertz CT molecular complexity index is 503. The van der Waals surface area contributed by atoms with Crippen molar-refractivity contribution in [3.63, 3.8) is 0 Å². The van der Waals surface area contributed by atoms with Crippen molar-refractivity contribution >= 4 is 17.5 Å². The van der Waals surface area contributed by atoms with Gasteiger partial charge in [0.15, 0.2) is 6.61 Å². The van der Waals surface area contributed by atoms with Gasteiger partial charge in [-0.05, 0) is 30.7 Å². The summed E-state index contributed by atoms with van der Waals surface area (Å²) < 4.78 is 5.54. The van der Waals surface area contributed by atoms with E-state index in [4.69, 9.17) is 16.3 Å². The summed E-state index contributed by atoms with van der Waals surface area (Å²) in [6, 6.07) is 7.59. The van der Waals surface area contributed by atoms with Crippen LogP contribution in [0.5, 0.6) is 5.75 Å². The van der Waals surface area contributed by atoms with Crippen molar-refractivity contribution in [2.75, 3.05) is 45.9 Å². The maximum atomic E-state index is 12.3. The Morgan fingerprint density at radius 2 is 1.95 bits per heavy atom. The minimum atomic E-state index is 0.0626. The number of amides is 1. The molecule has 0 bridgehead atoms. The van der Waals surface area contributed by atoms with Crippen LogP contribution in [0.25, 0.3) is 0 Å². The molecule has 22 heavy (non-hydrogen) atoms. The average Bonchev–Trinajstić information content (AvgIpc) is 3.05. The Hall–Kier alpha value is -1.30. The van der Waals surface area contributed by atoms with Crippen molar-refractivity contribution < 1.29 is 9.53 Å². The van der Waals surface area contributed by atoms with Crippen molar-refractivity contribution in [2.45, 2.75) is 12.5 Å². The summed E-state index contributed by atoms with van der Waals surface area (Å²) in [7, 11) is 0. The van der Waals surface area contributed by atoms with Gasteiger partial charge in [-0.1, -0.05) is 11.6 Å². The Labute approximate surface area is 136 Å². The average molecular weight is 324 g/mol. The number of ether oxygens (including phenoxy) is 1. The van der Waals surface area contributed by atoms with Gasteiger partial charge in [-0.3, -0.25) is 9.69 Å².